The Morgan fingerprint density at radius 3 is 2.77 bits per heavy atom. The van der Waals surface area contributed by atoms with Crippen molar-refractivity contribution < 1.29 is 4.74 Å². The Balaban J connectivity index is 2.12. The van der Waals surface area contributed by atoms with Crippen molar-refractivity contribution in [2.24, 2.45) is 5.92 Å². The number of hydrogen-bond donors (Lipinski definition) is 2. The van der Waals surface area contributed by atoms with Crippen LogP contribution in [-0.4, -0.2) is 16.5 Å². The van der Waals surface area contributed by atoms with Gasteiger partial charge in [-0.2, -0.15) is 4.98 Å². The Labute approximate surface area is 135 Å². The van der Waals surface area contributed by atoms with Crippen molar-refractivity contribution in [3.8, 4) is 11.6 Å². The largest absolute Gasteiger partial charge is 0.437 e. The third kappa shape index (κ3) is 4.24. The summed E-state index contributed by atoms with van der Waals surface area (Å²) in [7, 11) is 0. The topological polar surface area (TPSA) is 73.1 Å². The number of ether oxygens (including phenoxy) is 1. The van der Waals surface area contributed by atoms with Gasteiger partial charge >= 0.3 is 0 Å². The number of benzene rings is 1. The van der Waals surface area contributed by atoms with Gasteiger partial charge in [0.15, 0.2) is 5.82 Å². The second-order valence-electron chi connectivity index (χ2n) is 5.56. The maximum absolute atomic E-state index is 6.08. The first-order chi connectivity index (χ1) is 10.5. The van der Waals surface area contributed by atoms with E-state index in [4.69, 9.17) is 22.1 Å². The van der Waals surface area contributed by atoms with Crippen LogP contribution in [0.25, 0.3) is 0 Å². The molecule has 3 N–H and O–H groups in total. The molecule has 0 spiro atoms. The molecule has 22 heavy (non-hydrogen) atoms. The van der Waals surface area contributed by atoms with Crippen LogP contribution in [0.5, 0.6) is 11.6 Å². The van der Waals surface area contributed by atoms with Crippen LogP contribution in [0, 0.1) is 12.8 Å². The van der Waals surface area contributed by atoms with Crippen molar-refractivity contribution in [3.05, 3.63) is 35.1 Å². The van der Waals surface area contributed by atoms with E-state index in [1.165, 1.54) is 6.33 Å². The number of nitrogens with one attached hydrogen (secondary N) is 1. The molecule has 0 saturated heterocycles. The van der Waals surface area contributed by atoms with Crippen LogP contribution in [-0.2, 0) is 0 Å². The quantitative estimate of drug-likeness (QED) is 0.831. The smallest absolute Gasteiger partial charge is 0.248 e. The van der Waals surface area contributed by atoms with E-state index < -0.39 is 0 Å². The molecule has 0 saturated carbocycles. The van der Waals surface area contributed by atoms with E-state index in [9.17, 15) is 0 Å². The zero-order valence-electron chi connectivity index (χ0n) is 13.1. The lowest BCUT2D eigenvalue weighted by molar-refractivity contribution is 0.464. The van der Waals surface area contributed by atoms with Crippen LogP contribution in [0.1, 0.15) is 25.8 Å². The molecule has 0 radical (unpaired) electrons. The number of rotatable bonds is 6. The Hall–Kier alpha value is -2.01. The van der Waals surface area contributed by atoms with Gasteiger partial charge in [0.25, 0.3) is 0 Å². The first kappa shape index (κ1) is 16.4. The van der Waals surface area contributed by atoms with Crippen molar-refractivity contribution in [3.63, 3.8) is 0 Å². The highest BCUT2D eigenvalue weighted by Crippen LogP contribution is 2.30. The minimum absolute atomic E-state index is 0.337. The number of nitrogen functional groups attached to an aromatic ring is 1. The molecule has 1 heterocycles. The molecule has 0 bridgehead atoms. The van der Waals surface area contributed by atoms with Crippen molar-refractivity contribution in [2.45, 2.75) is 27.2 Å². The fraction of sp³-hybridized carbons (Fsp3) is 0.375. The van der Waals surface area contributed by atoms with E-state index >= 15 is 0 Å². The van der Waals surface area contributed by atoms with Crippen LogP contribution in [0.4, 0.5) is 11.5 Å². The number of aryl methyl sites for hydroxylation is 1. The Bertz CT molecular complexity index is 646. The molecular weight excluding hydrogens is 300 g/mol. The van der Waals surface area contributed by atoms with Gasteiger partial charge in [-0.1, -0.05) is 25.4 Å². The zero-order valence-corrected chi connectivity index (χ0v) is 13.8. The Morgan fingerprint density at radius 2 is 2.09 bits per heavy atom. The SMILES string of the molecule is Cc1cc(Oc2ncnc(NCCC(C)C)c2N)ccc1Cl. The summed E-state index contributed by atoms with van der Waals surface area (Å²) in [4.78, 5) is 8.26. The van der Waals surface area contributed by atoms with Crippen LogP contribution in [0.15, 0.2) is 24.5 Å². The monoisotopic (exact) mass is 320 g/mol. The second kappa shape index (κ2) is 7.31. The first-order valence-corrected chi connectivity index (χ1v) is 7.63. The summed E-state index contributed by atoms with van der Waals surface area (Å²) in [6.45, 7) is 7.06. The lowest BCUT2D eigenvalue weighted by Gasteiger charge is -2.12. The molecule has 5 nitrogen and oxygen atoms in total. The van der Waals surface area contributed by atoms with Crippen molar-refractivity contribution in [1.29, 1.82) is 0 Å². The van der Waals surface area contributed by atoms with Gasteiger partial charge < -0.3 is 15.8 Å². The van der Waals surface area contributed by atoms with E-state index in [1.807, 2.05) is 13.0 Å². The van der Waals surface area contributed by atoms with Crippen molar-refractivity contribution in [1.82, 2.24) is 9.97 Å². The first-order valence-electron chi connectivity index (χ1n) is 7.25. The number of nitrogens with zero attached hydrogens (tertiary/aromatic N) is 2. The normalized spacial score (nSPS) is 10.8. The highest BCUT2D eigenvalue weighted by atomic mass is 35.5. The minimum atomic E-state index is 0.337. The van der Waals surface area contributed by atoms with Gasteiger partial charge in [0.05, 0.1) is 0 Å². The molecule has 118 valence electrons. The molecule has 1 aromatic heterocycles. The van der Waals surface area contributed by atoms with E-state index in [0.717, 1.165) is 18.5 Å². The van der Waals surface area contributed by atoms with E-state index in [-0.39, 0.29) is 0 Å². The average molecular weight is 321 g/mol. The van der Waals surface area contributed by atoms with E-state index in [1.54, 1.807) is 12.1 Å². The predicted octanol–water partition coefficient (Wildman–Crippen LogP) is 4.27. The number of aromatic nitrogens is 2. The molecule has 6 heteroatoms. The molecule has 0 atom stereocenters. The summed E-state index contributed by atoms with van der Waals surface area (Å²) in [6, 6.07) is 5.41. The summed E-state index contributed by atoms with van der Waals surface area (Å²) in [6.07, 6.45) is 2.47. The minimum Gasteiger partial charge on any atom is -0.437 e. The molecule has 2 rings (SSSR count). The molecule has 0 aliphatic carbocycles. The maximum Gasteiger partial charge on any atom is 0.248 e. The van der Waals surface area contributed by atoms with Crippen LogP contribution in [0.2, 0.25) is 5.02 Å². The summed E-state index contributed by atoms with van der Waals surface area (Å²) in [5, 5.41) is 3.91. The van der Waals surface area contributed by atoms with E-state index in [0.29, 0.717) is 34.1 Å². The lowest BCUT2D eigenvalue weighted by atomic mass is 10.1. The van der Waals surface area contributed by atoms with Crippen LogP contribution in [0.3, 0.4) is 0 Å². The van der Waals surface area contributed by atoms with Gasteiger partial charge in [0.2, 0.25) is 5.88 Å². The summed E-state index contributed by atoms with van der Waals surface area (Å²) in [5.74, 6) is 2.18. The molecule has 2 aromatic rings. The van der Waals surface area contributed by atoms with Gasteiger partial charge in [0, 0.05) is 11.6 Å². The molecule has 0 aliphatic heterocycles. The zero-order chi connectivity index (χ0) is 16.1. The Kier molecular flexibility index (Phi) is 5.44. The summed E-state index contributed by atoms with van der Waals surface area (Å²) < 4.78 is 5.74. The van der Waals surface area contributed by atoms with Crippen LogP contribution < -0.4 is 15.8 Å². The predicted molar refractivity (Wildman–Crippen MR) is 90.7 cm³/mol. The molecule has 0 unspecified atom stereocenters. The second-order valence-corrected chi connectivity index (χ2v) is 5.97. The fourth-order valence-corrected chi connectivity index (χ4v) is 1.99. The highest BCUT2D eigenvalue weighted by Gasteiger charge is 2.10. The third-order valence-corrected chi connectivity index (χ3v) is 3.63. The van der Waals surface area contributed by atoms with Crippen molar-refractivity contribution in [2.75, 3.05) is 17.6 Å². The van der Waals surface area contributed by atoms with Gasteiger partial charge in [-0.15, -0.1) is 0 Å². The molecule has 0 amide bonds. The maximum atomic E-state index is 6.08. The van der Waals surface area contributed by atoms with Gasteiger partial charge in [-0.05, 0) is 43.0 Å². The molecule has 0 aliphatic rings. The number of anilines is 2. The van der Waals surface area contributed by atoms with Gasteiger partial charge in [0.1, 0.15) is 17.8 Å². The van der Waals surface area contributed by atoms with Crippen LogP contribution >= 0.6 is 11.6 Å². The fourth-order valence-electron chi connectivity index (χ4n) is 1.87. The van der Waals surface area contributed by atoms with Crippen molar-refractivity contribution >= 4 is 23.1 Å². The third-order valence-electron chi connectivity index (χ3n) is 3.21. The molecular formula is C16H21ClN4O. The Morgan fingerprint density at radius 1 is 1.32 bits per heavy atom. The summed E-state index contributed by atoms with van der Waals surface area (Å²) in [5.41, 5.74) is 7.41. The van der Waals surface area contributed by atoms with E-state index in [2.05, 4.69) is 29.1 Å². The number of halogens is 1. The lowest BCUT2D eigenvalue weighted by Crippen LogP contribution is -2.09. The molecule has 0 fully saturated rings. The average Bonchev–Trinajstić information content (AvgIpc) is 2.46. The summed E-state index contributed by atoms with van der Waals surface area (Å²) >= 11 is 6.01. The highest BCUT2D eigenvalue weighted by molar-refractivity contribution is 6.31. The molecule has 1 aromatic carbocycles. The van der Waals surface area contributed by atoms with Gasteiger partial charge in [-0.3, -0.25) is 0 Å². The number of nitrogens with two attached hydrogens (primary N) is 1. The van der Waals surface area contributed by atoms with Gasteiger partial charge in [-0.25, -0.2) is 4.98 Å². The number of hydrogen-bond acceptors (Lipinski definition) is 5. The standard InChI is InChI=1S/C16H21ClN4O/c1-10(2)6-7-19-15-14(18)16(21-9-20-15)22-12-4-5-13(17)11(3)8-12/h4-5,8-10H,6-7,18H2,1-3H3,(H,19,20,21).